The molecule has 2 rings (SSSR count). The van der Waals surface area contributed by atoms with Crippen LogP contribution in [0.15, 0.2) is 24.3 Å². The highest BCUT2D eigenvalue weighted by molar-refractivity contribution is 5.80. The summed E-state index contributed by atoms with van der Waals surface area (Å²) in [6.45, 7) is 5.96. The fourth-order valence-electron chi connectivity index (χ4n) is 1.25. The van der Waals surface area contributed by atoms with Gasteiger partial charge in [0.05, 0.1) is 0 Å². The second-order valence-corrected chi connectivity index (χ2v) is 2.68. The van der Waals surface area contributed by atoms with Gasteiger partial charge in [-0.3, -0.25) is 0 Å². The maximum Gasteiger partial charge on any atom is 0.123 e. The van der Waals surface area contributed by atoms with Gasteiger partial charge in [0.1, 0.15) is 5.82 Å². The third-order valence-electron chi connectivity index (χ3n) is 1.72. The van der Waals surface area contributed by atoms with Crippen LogP contribution in [0.2, 0.25) is 0 Å². The maximum atomic E-state index is 12.6. The van der Waals surface area contributed by atoms with Crippen molar-refractivity contribution < 1.29 is 4.39 Å². The van der Waals surface area contributed by atoms with Crippen molar-refractivity contribution in [2.75, 3.05) is 0 Å². The number of aromatic amines is 1. The number of fused-ring (bicyclic) bond motifs is 1. The molecule has 13 heavy (non-hydrogen) atoms. The predicted octanol–water partition coefficient (Wildman–Crippen LogP) is 3.64. The molecule has 1 aromatic heterocycles. The molecule has 2 aromatic rings. The number of H-pyrrole nitrogens is 1. The van der Waals surface area contributed by atoms with Crippen LogP contribution in [-0.2, 0) is 0 Å². The fourth-order valence-corrected chi connectivity index (χ4v) is 1.25. The van der Waals surface area contributed by atoms with Crippen molar-refractivity contribution in [3.63, 3.8) is 0 Å². The van der Waals surface area contributed by atoms with Gasteiger partial charge < -0.3 is 4.98 Å². The van der Waals surface area contributed by atoms with Gasteiger partial charge in [-0.25, -0.2) is 4.39 Å². The zero-order chi connectivity index (χ0) is 9.84. The lowest BCUT2D eigenvalue weighted by molar-refractivity contribution is 0.630. The predicted molar refractivity (Wildman–Crippen MR) is 54.3 cm³/mol. The third kappa shape index (κ3) is 2.08. The Morgan fingerprint density at radius 2 is 1.85 bits per heavy atom. The van der Waals surface area contributed by atoms with E-state index >= 15 is 0 Å². The van der Waals surface area contributed by atoms with Gasteiger partial charge in [0.15, 0.2) is 0 Å². The van der Waals surface area contributed by atoms with E-state index in [1.54, 1.807) is 6.07 Å². The van der Waals surface area contributed by atoms with Crippen LogP contribution in [0.25, 0.3) is 10.9 Å². The van der Waals surface area contributed by atoms with Crippen LogP contribution in [0.3, 0.4) is 0 Å². The molecule has 0 radical (unpaired) electrons. The van der Waals surface area contributed by atoms with Crippen molar-refractivity contribution >= 4 is 10.9 Å². The quantitative estimate of drug-likeness (QED) is 0.635. The zero-order valence-corrected chi connectivity index (χ0v) is 8.19. The first-order chi connectivity index (χ1) is 6.25. The highest BCUT2D eigenvalue weighted by Gasteiger charge is 1.97. The second kappa shape index (κ2) is 4.08. The number of aromatic nitrogens is 1. The molecule has 1 heterocycles. The molecule has 0 aliphatic rings. The molecule has 2 heteroatoms. The van der Waals surface area contributed by atoms with Gasteiger partial charge in [0.2, 0.25) is 0 Å². The molecule has 1 N–H and O–H groups in total. The molecule has 0 saturated carbocycles. The molecule has 1 nitrogen and oxygen atoms in total. The number of rotatable bonds is 0. The number of nitrogens with one attached hydrogen (secondary N) is 1. The zero-order valence-electron chi connectivity index (χ0n) is 8.19. The summed E-state index contributed by atoms with van der Waals surface area (Å²) in [6.07, 6.45) is 0. The summed E-state index contributed by atoms with van der Waals surface area (Å²) in [6, 6.07) is 6.66. The van der Waals surface area contributed by atoms with Crippen molar-refractivity contribution in [3.05, 3.63) is 35.8 Å². The average Bonchev–Trinajstić information content (AvgIpc) is 2.48. The molecule has 70 valence electrons. The minimum absolute atomic E-state index is 0.184. The smallest absolute Gasteiger partial charge is 0.123 e. The Balaban J connectivity index is 0.000000396. The molecular formula is C11H14FN. The first kappa shape index (κ1) is 9.78. The molecule has 0 atom stereocenters. The second-order valence-electron chi connectivity index (χ2n) is 2.68. The summed E-state index contributed by atoms with van der Waals surface area (Å²) in [5, 5.41) is 0.933. The van der Waals surface area contributed by atoms with E-state index in [-0.39, 0.29) is 5.82 Å². The summed E-state index contributed by atoms with van der Waals surface area (Å²) in [5.41, 5.74) is 2.05. The van der Waals surface area contributed by atoms with Gasteiger partial charge in [-0.15, -0.1) is 0 Å². The van der Waals surface area contributed by atoms with Crippen LogP contribution in [0.1, 0.15) is 19.5 Å². The van der Waals surface area contributed by atoms with Crippen LogP contribution in [-0.4, -0.2) is 4.98 Å². The van der Waals surface area contributed by atoms with Crippen LogP contribution in [0, 0.1) is 12.7 Å². The van der Waals surface area contributed by atoms with Crippen LogP contribution in [0.4, 0.5) is 4.39 Å². The third-order valence-corrected chi connectivity index (χ3v) is 1.72. The van der Waals surface area contributed by atoms with Gasteiger partial charge in [-0.2, -0.15) is 0 Å². The number of benzene rings is 1. The van der Waals surface area contributed by atoms with Crippen molar-refractivity contribution in [2.45, 2.75) is 20.8 Å². The number of hydrogen-bond donors (Lipinski definition) is 1. The molecule has 1 aromatic carbocycles. The summed E-state index contributed by atoms with van der Waals surface area (Å²) >= 11 is 0. The van der Waals surface area contributed by atoms with Crippen molar-refractivity contribution in [3.8, 4) is 0 Å². The molecule has 0 amide bonds. The van der Waals surface area contributed by atoms with E-state index in [1.807, 2.05) is 26.8 Å². The van der Waals surface area contributed by atoms with Gasteiger partial charge in [-0.05, 0) is 31.2 Å². The number of hydrogen-bond acceptors (Lipinski definition) is 0. The monoisotopic (exact) mass is 179 g/mol. The molecule has 0 fully saturated rings. The summed E-state index contributed by atoms with van der Waals surface area (Å²) in [5.74, 6) is -0.184. The van der Waals surface area contributed by atoms with Crippen molar-refractivity contribution in [2.24, 2.45) is 0 Å². The van der Waals surface area contributed by atoms with Gasteiger partial charge in [0, 0.05) is 16.6 Å². The first-order valence-electron chi connectivity index (χ1n) is 4.50. The van der Waals surface area contributed by atoms with E-state index in [4.69, 9.17) is 0 Å². The Kier molecular flexibility index (Phi) is 3.07. The van der Waals surface area contributed by atoms with E-state index in [0.717, 1.165) is 16.6 Å². The summed E-state index contributed by atoms with van der Waals surface area (Å²) in [4.78, 5) is 3.12. The van der Waals surface area contributed by atoms with Gasteiger partial charge >= 0.3 is 0 Å². The van der Waals surface area contributed by atoms with Crippen LogP contribution in [0.5, 0.6) is 0 Å². The minimum Gasteiger partial charge on any atom is -0.359 e. The van der Waals surface area contributed by atoms with E-state index in [9.17, 15) is 4.39 Å². The Labute approximate surface area is 77.6 Å². The van der Waals surface area contributed by atoms with Crippen molar-refractivity contribution in [1.82, 2.24) is 4.98 Å². The Morgan fingerprint density at radius 1 is 1.15 bits per heavy atom. The molecule has 0 saturated heterocycles. The average molecular weight is 179 g/mol. The number of aryl methyl sites for hydroxylation is 1. The molecule has 0 spiro atoms. The molecule has 0 aliphatic carbocycles. The Bertz CT molecular complexity index is 390. The lowest BCUT2D eigenvalue weighted by Crippen LogP contribution is -1.71. The highest BCUT2D eigenvalue weighted by Crippen LogP contribution is 2.15. The summed E-state index contributed by atoms with van der Waals surface area (Å²) in [7, 11) is 0. The van der Waals surface area contributed by atoms with E-state index in [0.29, 0.717) is 0 Å². The lowest BCUT2D eigenvalue weighted by Gasteiger charge is -1.87. The van der Waals surface area contributed by atoms with Crippen LogP contribution < -0.4 is 0 Å². The molecule has 0 bridgehead atoms. The van der Waals surface area contributed by atoms with Crippen LogP contribution >= 0.6 is 0 Å². The molecular weight excluding hydrogens is 165 g/mol. The fraction of sp³-hybridized carbons (Fsp3) is 0.273. The molecule has 0 aliphatic heterocycles. The van der Waals surface area contributed by atoms with Gasteiger partial charge in [-0.1, -0.05) is 13.8 Å². The normalized spacial score (nSPS) is 9.54. The molecule has 0 unspecified atom stereocenters. The lowest BCUT2D eigenvalue weighted by atomic mass is 10.2. The standard InChI is InChI=1S/C9H8FN.C2H6/c1-6-4-7-5-8(10)2-3-9(7)11-6;1-2/h2-5,11H,1H3;1-2H3. The van der Waals surface area contributed by atoms with E-state index < -0.39 is 0 Å². The van der Waals surface area contributed by atoms with E-state index in [2.05, 4.69) is 4.98 Å². The topological polar surface area (TPSA) is 15.8 Å². The van der Waals surface area contributed by atoms with Crippen molar-refractivity contribution in [1.29, 1.82) is 0 Å². The largest absolute Gasteiger partial charge is 0.359 e. The van der Waals surface area contributed by atoms with Gasteiger partial charge in [0.25, 0.3) is 0 Å². The summed E-state index contributed by atoms with van der Waals surface area (Å²) < 4.78 is 12.6. The Hall–Kier alpha value is -1.31. The number of halogens is 1. The SMILES string of the molecule is CC.Cc1cc2cc(F)ccc2[nH]1. The minimum atomic E-state index is -0.184. The Morgan fingerprint density at radius 3 is 2.54 bits per heavy atom. The first-order valence-corrected chi connectivity index (χ1v) is 4.50. The highest BCUT2D eigenvalue weighted by atomic mass is 19.1. The van der Waals surface area contributed by atoms with E-state index in [1.165, 1.54) is 12.1 Å². The maximum absolute atomic E-state index is 12.6.